The van der Waals surface area contributed by atoms with E-state index in [4.69, 9.17) is 18.9 Å². The van der Waals surface area contributed by atoms with E-state index >= 15 is 0 Å². The van der Waals surface area contributed by atoms with E-state index in [-0.39, 0.29) is 5.70 Å². The Balaban J connectivity index is 1.82. The lowest BCUT2D eigenvalue weighted by Gasteiger charge is -2.10. The summed E-state index contributed by atoms with van der Waals surface area (Å²) in [5.74, 6) is 2.06. The van der Waals surface area contributed by atoms with Crippen LogP contribution >= 0.6 is 0 Å². The number of rotatable bonds is 7. The molecule has 0 aromatic heterocycles. The molecule has 28 heavy (non-hydrogen) atoms. The van der Waals surface area contributed by atoms with Crippen molar-refractivity contribution in [2.75, 3.05) is 21.3 Å². The number of carbonyl (C=O) groups excluding carboxylic acids is 1. The first-order valence-electron chi connectivity index (χ1n) is 8.91. The summed E-state index contributed by atoms with van der Waals surface area (Å²) >= 11 is 0. The van der Waals surface area contributed by atoms with Gasteiger partial charge in [-0.05, 0) is 48.7 Å². The summed E-state index contributed by atoms with van der Waals surface area (Å²) < 4.78 is 21.5. The van der Waals surface area contributed by atoms with Crippen molar-refractivity contribution in [1.29, 1.82) is 0 Å². The molecule has 1 aliphatic rings. The molecule has 2 aromatic carbocycles. The van der Waals surface area contributed by atoms with Gasteiger partial charge in [0.15, 0.2) is 11.6 Å². The maximum absolute atomic E-state index is 12.2. The Morgan fingerprint density at radius 2 is 1.68 bits per heavy atom. The molecule has 146 valence electrons. The Morgan fingerprint density at radius 1 is 0.964 bits per heavy atom. The van der Waals surface area contributed by atoms with Gasteiger partial charge in [0, 0.05) is 12.0 Å². The molecule has 2 aromatic rings. The van der Waals surface area contributed by atoms with Crippen molar-refractivity contribution in [2.24, 2.45) is 4.99 Å². The van der Waals surface area contributed by atoms with Crippen LogP contribution in [0.2, 0.25) is 0 Å². The molecule has 0 bridgehead atoms. The molecule has 6 heteroatoms. The average Bonchev–Trinajstić information content (AvgIpc) is 3.06. The second-order valence-corrected chi connectivity index (χ2v) is 6.30. The number of aliphatic imine (C=N–C) groups is 1. The Morgan fingerprint density at radius 3 is 2.39 bits per heavy atom. The Labute approximate surface area is 164 Å². The SMILES string of the molecule is COc1cc(/C=C2/N=C(CCc3ccccc3OC)OC2=O)c(OC)cc1C. The first kappa shape index (κ1) is 19.5. The monoisotopic (exact) mass is 381 g/mol. The van der Waals surface area contributed by atoms with Crippen LogP contribution in [0.15, 0.2) is 47.1 Å². The highest BCUT2D eigenvalue weighted by Crippen LogP contribution is 2.31. The fourth-order valence-electron chi connectivity index (χ4n) is 3.05. The third kappa shape index (κ3) is 4.17. The topological polar surface area (TPSA) is 66.3 Å². The maximum Gasteiger partial charge on any atom is 0.363 e. The zero-order valence-electron chi connectivity index (χ0n) is 16.4. The van der Waals surface area contributed by atoms with Crippen LogP contribution in [0.1, 0.15) is 23.1 Å². The van der Waals surface area contributed by atoms with Gasteiger partial charge >= 0.3 is 5.97 Å². The molecule has 0 amide bonds. The van der Waals surface area contributed by atoms with E-state index in [0.717, 1.165) is 16.9 Å². The quantitative estimate of drug-likeness (QED) is 0.537. The first-order chi connectivity index (χ1) is 13.5. The number of nitrogens with zero attached hydrogens (tertiary/aromatic N) is 1. The van der Waals surface area contributed by atoms with Gasteiger partial charge in [-0.3, -0.25) is 0 Å². The van der Waals surface area contributed by atoms with Gasteiger partial charge in [0.1, 0.15) is 17.2 Å². The summed E-state index contributed by atoms with van der Waals surface area (Å²) in [6, 6.07) is 11.4. The van der Waals surface area contributed by atoms with Crippen LogP contribution in [0.25, 0.3) is 6.08 Å². The largest absolute Gasteiger partial charge is 0.496 e. The zero-order chi connectivity index (χ0) is 20.1. The Kier molecular flexibility index (Phi) is 5.99. The maximum atomic E-state index is 12.2. The van der Waals surface area contributed by atoms with E-state index < -0.39 is 5.97 Å². The zero-order valence-corrected chi connectivity index (χ0v) is 16.4. The number of ether oxygens (including phenoxy) is 4. The highest BCUT2D eigenvalue weighted by atomic mass is 16.6. The average molecular weight is 381 g/mol. The van der Waals surface area contributed by atoms with Gasteiger partial charge in [0.2, 0.25) is 0 Å². The Hall–Kier alpha value is -3.28. The van der Waals surface area contributed by atoms with Crippen LogP contribution in [-0.4, -0.2) is 33.2 Å². The summed E-state index contributed by atoms with van der Waals surface area (Å²) in [5, 5.41) is 0. The van der Waals surface area contributed by atoms with Crippen molar-refractivity contribution in [3.05, 3.63) is 58.8 Å². The minimum absolute atomic E-state index is 0.235. The smallest absolute Gasteiger partial charge is 0.363 e. The highest BCUT2D eigenvalue weighted by Gasteiger charge is 2.23. The van der Waals surface area contributed by atoms with Crippen molar-refractivity contribution in [3.8, 4) is 17.2 Å². The third-order valence-electron chi connectivity index (χ3n) is 4.50. The van der Waals surface area contributed by atoms with Crippen LogP contribution in [0.4, 0.5) is 0 Å². The molecule has 0 N–H and O–H groups in total. The van der Waals surface area contributed by atoms with Crippen LogP contribution in [0.3, 0.4) is 0 Å². The van der Waals surface area contributed by atoms with Gasteiger partial charge in [-0.15, -0.1) is 0 Å². The van der Waals surface area contributed by atoms with E-state index in [1.54, 1.807) is 27.4 Å². The highest BCUT2D eigenvalue weighted by molar-refractivity contribution is 6.07. The van der Waals surface area contributed by atoms with E-state index in [2.05, 4.69) is 4.99 Å². The predicted octanol–water partition coefficient (Wildman–Crippen LogP) is 3.95. The molecule has 0 spiro atoms. The second-order valence-electron chi connectivity index (χ2n) is 6.30. The van der Waals surface area contributed by atoms with Gasteiger partial charge in [0.25, 0.3) is 0 Å². The van der Waals surface area contributed by atoms with Gasteiger partial charge in [0.05, 0.1) is 21.3 Å². The number of methoxy groups -OCH3 is 3. The molecule has 0 atom stereocenters. The van der Waals surface area contributed by atoms with Gasteiger partial charge < -0.3 is 18.9 Å². The number of benzene rings is 2. The molecular weight excluding hydrogens is 358 g/mol. The number of para-hydroxylation sites is 1. The minimum atomic E-state index is -0.475. The van der Waals surface area contributed by atoms with Crippen molar-refractivity contribution in [2.45, 2.75) is 19.8 Å². The lowest BCUT2D eigenvalue weighted by atomic mass is 10.1. The number of carbonyl (C=O) groups is 1. The van der Waals surface area contributed by atoms with Crippen LogP contribution in [0, 0.1) is 6.92 Å². The standard InChI is InChI=1S/C22H23NO5/c1-14-11-20(27-4)16(13-19(14)26-3)12-17-22(24)28-21(23-17)10-9-15-7-5-6-8-18(15)25-2/h5-8,11-13H,9-10H2,1-4H3/b17-12+. The van der Waals surface area contributed by atoms with Crippen molar-refractivity contribution < 1.29 is 23.7 Å². The van der Waals surface area contributed by atoms with Crippen molar-refractivity contribution in [3.63, 3.8) is 0 Å². The molecule has 6 nitrogen and oxygen atoms in total. The van der Waals surface area contributed by atoms with E-state index in [1.165, 1.54) is 0 Å². The molecule has 0 unspecified atom stereocenters. The summed E-state index contributed by atoms with van der Waals surface area (Å²) in [6.07, 6.45) is 2.81. The number of hydrogen-bond acceptors (Lipinski definition) is 6. The third-order valence-corrected chi connectivity index (χ3v) is 4.50. The first-order valence-corrected chi connectivity index (χ1v) is 8.91. The number of cyclic esters (lactones) is 1. The molecule has 1 aliphatic heterocycles. The fraction of sp³-hybridized carbons (Fsp3) is 0.273. The molecule has 1 heterocycles. The van der Waals surface area contributed by atoms with Crippen LogP contribution < -0.4 is 14.2 Å². The van der Waals surface area contributed by atoms with Crippen LogP contribution in [0.5, 0.6) is 17.2 Å². The van der Waals surface area contributed by atoms with E-state index in [9.17, 15) is 4.79 Å². The molecule has 0 aliphatic carbocycles. The molecule has 0 radical (unpaired) electrons. The number of hydrogen-bond donors (Lipinski definition) is 0. The summed E-state index contributed by atoms with van der Waals surface area (Å²) in [6.45, 7) is 1.93. The molecule has 0 saturated heterocycles. The summed E-state index contributed by atoms with van der Waals surface area (Å²) in [4.78, 5) is 16.6. The number of aryl methyl sites for hydroxylation is 2. The molecule has 0 fully saturated rings. The lowest BCUT2D eigenvalue weighted by Crippen LogP contribution is -2.05. The summed E-state index contributed by atoms with van der Waals surface area (Å²) in [5.41, 5.74) is 2.91. The normalized spacial score (nSPS) is 14.6. The minimum Gasteiger partial charge on any atom is -0.496 e. The van der Waals surface area contributed by atoms with Crippen molar-refractivity contribution in [1.82, 2.24) is 0 Å². The van der Waals surface area contributed by atoms with Gasteiger partial charge in [-0.25, -0.2) is 9.79 Å². The second kappa shape index (κ2) is 8.61. The fourth-order valence-corrected chi connectivity index (χ4v) is 3.05. The number of esters is 1. The summed E-state index contributed by atoms with van der Waals surface area (Å²) in [7, 11) is 4.82. The Bertz CT molecular complexity index is 946. The van der Waals surface area contributed by atoms with Gasteiger partial charge in [-0.1, -0.05) is 18.2 Å². The molecule has 0 saturated carbocycles. The molecule has 3 rings (SSSR count). The van der Waals surface area contributed by atoms with E-state index in [1.807, 2.05) is 43.3 Å². The van der Waals surface area contributed by atoms with Crippen molar-refractivity contribution >= 4 is 17.9 Å². The van der Waals surface area contributed by atoms with E-state index in [0.29, 0.717) is 35.8 Å². The predicted molar refractivity (Wildman–Crippen MR) is 107 cm³/mol. The van der Waals surface area contributed by atoms with Gasteiger partial charge in [-0.2, -0.15) is 0 Å². The lowest BCUT2D eigenvalue weighted by molar-refractivity contribution is -0.130. The molecular formula is C22H23NO5. The van der Waals surface area contributed by atoms with Crippen LogP contribution in [-0.2, 0) is 16.0 Å².